The fourth-order valence-electron chi connectivity index (χ4n) is 2.59. The second-order valence-corrected chi connectivity index (χ2v) is 5.53. The minimum atomic E-state index is -0.232. The Labute approximate surface area is 128 Å². The Bertz CT molecular complexity index is 768. The number of benzene rings is 3. The Hall–Kier alpha value is -1.90. The highest BCUT2D eigenvalue weighted by atomic mass is 35.5. The summed E-state index contributed by atoms with van der Waals surface area (Å²) in [6.45, 7) is 0. The summed E-state index contributed by atoms with van der Waals surface area (Å²) in [5, 5.41) is 2.80. The third kappa shape index (κ3) is 2.92. The molecular formula is C18H15ClFN. The summed E-state index contributed by atoms with van der Waals surface area (Å²) in [7, 11) is 0. The molecule has 0 saturated carbocycles. The molecule has 0 aromatic heterocycles. The van der Waals surface area contributed by atoms with E-state index in [0.29, 0.717) is 6.42 Å². The van der Waals surface area contributed by atoms with E-state index in [9.17, 15) is 4.39 Å². The molecule has 0 aliphatic rings. The fraction of sp³-hybridized carbons (Fsp3) is 0.111. The number of rotatable bonds is 3. The van der Waals surface area contributed by atoms with E-state index in [2.05, 4.69) is 0 Å². The average molecular weight is 300 g/mol. The minimum absolute atomic E-state index is 0.155. The van der Waals surface area contributed by atoms with Gasteiger partial charge in [-0.2, -0.15) is 0 Å². The zero-order valence-corrected chi connectivity index (χ0v) is 12.1. The SMILES string of the molecule is NC(Cc1ccc(F)cc1)c1ccc(Cl)c2ccccc12. The molecule has 0 bridgehead atoms. The molecule has 1 atom stereocenters. The molecule has 3 aromatic rings. The summed E-state index contributed by atoms with van der Waals surface area (Å²) in [6.07, 6.45) is 0.659. The van der Waals surface area contributed by atoms with Gasteiger partial charge in [0.1, 0.15) is 5.82 Å². The molecule has 2 N–H and O–H groups in total. The lowest BCUT2D eigenvalue weighted by Crippen LogP contribution is -2.13. The first kappa shape index (κ1) is 14.1. The van der Waals surface area contributed by atoms with Crippen LogP contribution in [0.5, 0.6) is 0 Å². The van der Waals surface area contributed by atoms with Gasteiger partial charge >= 0.3 is 0 Å². The number of halogens is 2. The number of hydrogen-bond donors (Lipinski definition) is 1. The predicted molar refractivity (Wildman–Crippen MR) is 86.0 cm³/mol. The molecular weight excluding hydrogens is 285 g/mol. The normalized spacial score (nSPS) is 12.5. The maximum atomic E-state index is 13.0. The van der Waals surface area contributed by atoms with Gasteiger partial charge < -0.3 is 5.73 Å². The zero-order valence-electron chi connectivity index (χ0n) is 11.4. The van der Waals surface area contributed by atoms with E-state index in [0.717, 1.165) is 26.9 Å². The highest BCUT2D eigenvalue weighted by Crippen LogP contribution is 2.30. The molecule has 1 nitrogen and oxygen atoms in total. The van der Waals surface area contributed by atoms with Crippen LogP contribution in [-0.2, 0) is 6.42 Å². The summed E-state index contributed by atoms with van der Waals surface area (Å²) in [6, 6.07) is 18.1. The van der Waals surface area contributed by atoms with Crippen molar-refractivity contribution in [3.05, 3.63) is 82.6 Å². The average Bonchev–Trinajstić information content (AvgIpc) is 2.50. The number of nitrogens with two attached hydrogens (primary N) is 1. The maximum absolute atomic E-state index is 13.0. The van der Waals surface area contributed by atoms with Crippen LogP contribution in [0.3, 0.4) is 0 Å². The second-order valence-electron chi connectivity index (χ2n) is 5.12. The van der Waals surface area contributed by atoms with Gasteiger partial charge in [-0.3, -0.25) is 0 Å². The van der Waals surface area contributed by atoms with Gasteiger partial charge in [0.15, 0.2) is 0 Å². The van der Waals surface area contributed by atoms with Gasteiger partial charge in [0.2, 0.25) is 0 Å². The van der Waals surface area contributed by atoms with Crippen molar-refractivity contribution in [2.24, 2.45) is 5.73 Å². The molecule has 0 aliphatic heterocycles. The lowest BCUT2D eigenvalue weighted by atomic mass is 9.95. The molecule has 0 fully saturated rings. The van der Waals surface area contributed by atoms with E-state index in [-0.39, 0.29) is 11.9 Å². The van der Waals surface area contributed by atoms with Crippen molar-refractivity contribution in [1.29, 1.82) is 0 Å². The van der Waals surface area contributed by atoms with Crippen LogP contribution in [-0.4, -0.2) is 0 Å². The Balaban J connectivity index is 1.96. The summed E-state index contributed by atoms with van der Waals surface area (Å²) < 4.78 is 13.0. The van der Waals surface area contributed by atoms with Crippen LogP contribution in [0.15, 0.2) is 60.7 Å². The highest BCUT2D eigenvalue weighted by Gasteiger charge is 2.12. The first-order valence-corrected chi connectivity index (χ1v) is 7.20. The Morgan fingerprint density at radius 1 is 0.905 bits per heavy atom. The largest absolute Gasteiger partial charge is 0.324 e. The van der Waals surface area contributed by atoms with Gasteiger partial charge in [-0.1, -0.05) is 54.1 Å². The molecule has 0 saturated heterocycles. The molecule has 0 amide bonds. The monoisotopic (exact) mass is 299 g/mol. The van der Waals surface area contributed by atoms with Gasteiger partial charge in [0.25, 0.3) is 0 Å². The van der Waals surface area contributed by atoms with Gasteiger partial charge in [0, 0.05) is 16.5 Å². The van der Waals surface area contributed by atoms with E-state index < -0.39 is 0 Å². The third-order valence-corrected chi connectivity index (χ3v) is 4.00. The standard InChI is InChI=1S/C18H15ClFN/c19-17-10-9-16(14-3-1-2-4-15(14)17)18(21)11-12-5-7-13(20)8-6-12/h1-10,18H,11,21H2. The van der Waals surface area contributed by atoms with Crippen molar-refractivity contribution in [1.82, 2.24) is 0 Å². The molecule has 0 aliphatic carbocycles. The van der Waals surface area contributed by atoms with Crippen LogP contribution >= 0.6 is 11.6 Å². The molecule has 3 rings (SSSR count). The number of fused-ring (bicyclic) bond motifs is 1. The van der Waals surface area contributed by atoms with Gasteiger partial charge in [-0.25, -0.2) is 4.39 Å². The van der Waals surface area contributed by atoms with Gasteiger partial charge in [-0.15, -0.1) is 0 Å². The minimum Gasteiger partial charge on any atom is -0.324 e. The van der Waals surface area contributed by atoms with E-state index in [1.165, 1.54) is 12.1 Å². The topological polar surface area (TPSA) is 26.0 Å². The fourth-order valence-corrected chi connectivity index (χ4v) is 2.82. The first-order valence-electron chi connectivity index (χ1n) is 6.82. The van der Waals surface area contributed by atoms with E-state index in [4.69, 9.17) is 17.3 Å². The van der Waals surface area contributed by atoms with Crippen LogP contribution in [0.1, 0.15) is 17.2 Å². The molecule has 0 spiro atoms. The lowest BCUT2D eigenvalue weighted by Gasteiger charge is -2.15. The molecule has 21 heavy (non-hydrogen) atoms. The van der Waals surface area contributed by atoms with Crippen molar-refractivity contribution in [3.63, 3.8) is 0 Å². The predicted octanol–water partition coefficient (Wildman–Crippen LogP) is 4.87. The molecule has 106 valence electrons. The summed E-state index contributed by atoms with van der Waals surface area (Å²) >= 11 is 6.23. The Kier molecular flexibility index (Phi) is 3.91. The highest BCUT2D eigenvalue weighted by molar-refractivity contribution is 6.35. The van der Waals surface area contributed by atoms with Gasteiger partial charge in [0.05, 0.1) is 0 Å². The first-order chi connectivity index (χ1) is 10.1. The van der Waals surface area contributed by atoms with E-state index in [1.807, 2.05) is 36.4 Å². The van der Waals surface area contributed by atoms with Crippen LogP contribution in [0.2, 0.25) is 5.02 Å². The van der Waals surface area contributed by atoms with Crippen molar-refractivity contribution >= 4 is 22.4 Å². The van der Waals surface area contributed by atoms with E-state index in [1.54, 1.807) is 12.1 Å². The number of hydrogen-bond acceptors (Lipinski definition) is 1. The molecule has 0 radical (unpaired) electrons. The lowest BCUT2D eigenvalue weighted by molar-refractivity contribution is 0.625. The van der Waals surface area contributed by atoms with Crippen LogP contribution in [0.4, 0.5) is 4.39 Å². The maximum Gasteiger partial charge on any atom is 0.123 e. The third-order valence-electron chi connectivity index (χ3n) is 3.67. The molecule has 1 unspecified atom stereocenters. The Morgan fingerprint density at radius 3 is 2.29 bits per heavy atom. The van der Waals surface area contributed by atoms with Crippen LogP contribution in [0, 0.1) is 5.82 Å². The summed E-state index contributed by atoms with van der Waals surface area (Å²) in [4.78, 5) is 0. The summed E-state index contributed by atoms with van der Waals surface area (Å²) in [5.74, 6) is -0.232. The quantitative estimate of drug-likeness (QED) is 0.733. The smallest absolute Gasteiger partial charge is 0.123 e. The molecule has 3 heteroatoms. The van der Waals surface area contributed by atoms with Crippen molar-refractivity contribution in [2.75, 3.05) is 0 Å². The molecule has 0 heterocycles. The van der Waals surface area contributed by atoms with Crippen molar-refractivity contribution < 1.29 is 4.39 Å². The van der Waals surface area contributed by atoms with Crippen LogP contribution < -0.4 is 5.73 Å². The summed E-state index contributed by atoms with van der Waals surface area (Å²) in [5.41, 5.74) is 8.42. The van der Waals surface area contributed by atoms with Crippen molar-refractivity contribution in [2.45, 2.75) is 12.5 Å². The van der Waals surface area contributed by atoms with E-state index >= 15 is 0 Å². The Morgan fingerprint density at radius 2 is 1.57 bits per heavy atom. The molecule has 3 aromatic carbocycles. The second kappa shape index (κ2) is 5.84. The van der Waals surface area contributed by atoms with Crippen LogP contribution in [0.25, 0.3) is 10.8 Å². The van der Waals surface area contributed by atoms with Crippen molar-refractivity contribution in [3.8, 4) is 0 Å². The zero-order chi connectivity index (χ0) is 14.8. The van der Waals surface area contributed by atoms with Gasteiger partial charge in [-0.05, 0) is 41.1 Å².